The number of carbonyl (C=O) groups excluding carboxylic acids is 1. The summed E-state index contributed by atoms with van der Waals surface area (Å²) in [4.78, 5) is 14.4. The van der Waals surface area contributed by atoms with Gasteiger partial charge in [0.2, 0.25) is 5.91 Å². The standard InChI is InChI=1S/C15H22N2O2.ClH/c16-8-4-9-17(11-13-5-2-1-3-6-13)15(18)14-7-10-19-12-14;/h1-3,5-6,14H,4,7-12,16H2;1H. The number of halogens is 1. The van der Waals surface area contributed by atoms with Gasteiger partial charge in [-0.15, -0.1) is 12.4 Å². The monoisotopic (exact) mass is 298 g/mol. The molecule has 112 valence electrons. The number of hydrogen-bond acceptors (Lipinski definition) is 3. The Morgan fingerprint density at radius 3 is 2.70 bits per heavy atom. The molecule has 1 aliphatic heterocycles. The summed E-state index contributed by atoms with van der Waals surface area (Å²) in [6, 6.07) is 10.1. The van der Waals surface area contributed by atoms with Crippen LogP contribution in [-0.4, -0.2) is 37.1 Å². The van der Waals surface area contributed by atoms with Crippen molar-refractivity contribution in [3.63, 3.8) is 0 Å². The minimum atomic E-state index is 0. The molecule has 1 atom stereocenters. The first-order valence-corrected chi connectivity index (χ1v) is 6.92. The predicted octanol–water partition coefficient (Wildman–Crippen LogP) is 1.82. The normalized spacial score (nSPS) is 17.6. The predicted molar refractivity (Wildman–Crippen MR) is 81.7 cm³/mol. The molecule has 1 unspecified atom stereocenters. The molecule has 5 heteroatoms. The van der Waals surface area contributed by atoms with E-state index < -0.39 is 0 Å². The van der Waals surface area contributed by atoms with Crippen LogP contribution < -0.4 is 5.73 Å². The smallest absolute Gasteiger partial charge is 0.228 e. The molecule has 0 bridgehead atoms. The summed E-state index contributed by atoms with van der Waals surface area (Å²) in [7, 11) is 0. The van der Waals surface area contributed by atoms with Gasteiger partial charge in [-0.3, -0.25) is 4.79 Å². The van der Waals surface area contributed by atoms with Crippen molar-refractivity contribution in [3.8, 4) is 0 Å². The quantitative estimate of drug-likeness (QED) is 0.871. The lowest BCUT2D eigenvalue weighted by Crippen LogP contribution is -2.37. The summed E-state index contributed by atoms with van der Waals surface area (Å²) in [6.45, 7) is 3.26. The molecule has 1 aromatic carbocycles. The molecule has 1 aliphatic rings. The van der Waals surface area contributed by atoms with E-state index in [2.05, 4.69) is 0 Å². The Bertz CT molecular complexity index is 394. The van der Waals surface area contributed by atoms with Crippen LogP contribution in [0.3, 0.4) is 0 Å². The molecule has 20 heavy (non-hydrogen) atoms. The highest BCUT2D eigenvalue weighted by molar-refractivity contribution is 5.85. The van der Waals surface area contributed by atoms with E-state index >= 15 is 0 Å². The molecule has 0 saturated carbocycles. The fourth-order valence-corrected chi connectivity index (χ4v) is 2.34. The summed E-state index contributed by atoms with van der Waals surface area (Å²) in [6.07, 6.45) is 1.68. The number of amides is 1. The summed E-state index contributed by atoms with van der Waals surface area (Å²) < 4.78 is 5.31. The Balaban J connectivity index is 0.00000200. The van der Waals surface area contributed by atoms with E-state index in [1.807, 2.05) is 35.2 Å². The van der Waals surface area contributed by atoms with Gasteiger partial charge < -0.3 is 15.4 Å². The van der Waals surface area contributed by atoms with Gasteiger partial charge in [0.05, 0.1) is 12.5 Å². The lowest BCUT2D eigenvalue weighted by molar-refractivity contribution is -0.136. The van der Waals surface area contributed by atoms with Gasteiger partial charge in [-0.1, -0.05) is 30.3 Å². The summed E-state index contributed by atoms with van der Waals surface area (Å²) >= 11 is 0. The second-order valence-corrected chi connectivity index (χ2v) is 4.95. The lowest BCUT2D eigenvalue weighted by atomic mass is 10.1. The van der Waals surface area contributed by atoms with Crippen LogP contribution in [0.25, 0.3) is 0 Å². The number of ether oxygens (including phenoxy) is 1. The van der Waals surface area contributed by atoms with Gasteiger partial charge in [-0.05, 0) is 24.9 Å². The van der Waals surface area contributed by atoms with Gasteiger partial charge in [0.1, 0.15) is 0 Å². The van der Waals surface area contributed by atoms with E-state index in [0.717, 1.165) is 24.9 Å². The number of benzene rings is 1. The van der Waals surface area contributed by atoms with Crippen molar-refractivity contribution in [3.05, 3.63) is 35.9 Å². The Kier molecular flexibility index (Phi) is 7.59. The number of rotatable bonds is 6. The van der Waals surface area contributed by atoms with E-state index in [1.54, 1.807) is 0 Å². The third kappa shape index (κ3) is 4.78. The van der Waals surface area contributed by atoms with E-state index in [9.17, 15) is 4.79 Å². The zero-order chi connectivity index (χ0) is 13.5. The molecule has 0 spiro atoms. The van der Waals surface area contributed by atoms with E-state index in [1.165, 1.54) is 0 Å². The summed E-state index contributed by atoms with van der Waals surface area (Å²) in [5, 5.41) is 0. The molecular formula is C15H23ClN2O2. The van der Waals surface area contributed by atoms with E-state index in [0.29, 0.717) is 26.3 Å². The summed E-state index contributed by atoms with van der Waals surface area (Å²) in [5.41, 5.74) is 6.72. The molecule has 2 N–H and O–H groups in total. The molecule has 0 aromatic heterocycles. The van der Waals surface area contributed by atoms with Gasteiger partial charge in [-0.2, -0.15) is 0 Å². The van der Waals surface area contributed by atoms with Crippen molar-refractivity contribution in [2.45, 2.75) is 19.4 Å². The van der Waals surface area contributed by atoms with Crippen molar-refractivity contribution in [1.82, 2.24) is 4.90 Å². The maximum Gasteiger partial charge on any atom is 0.228 e. The Labute approximate surface area is 126 Å². The second-order valence-electron chi connectivity index (χ2n) is 4.95. The molecule has 0 aliphatic carbocycles. The van der Waals surface area contributed by atoms with Gasteiger partial charge >= 0.3 is 0 Å². The Hall–Kier alpha value is -1.10. The van der Waals surface area contributed by atoms with Crippen LogP contribution in [0.4, 0.5) is 0 Å². The molecule has 1 aromatic rings. The van der Waals surface area contributed by atoms with E-state index in [-0.39, 0.29) is 24.2 Å². The average molecular weight is 299 g/mol. The summed E-state index contributed by atoms with van der Waals surface area (Å²) in [5.74, 6) is 0.233. The van der Waals surface area contributed by atoms with Crippen LogP contribution in [0.2, 0.25) is 0 Å². The van der Waals surface area contributed by atoms with Crippen LogP contribution in [0.1, 0.15) is 18.4 Å². The fraction of sp³-hybridized carbons (Fsp3) is 0.533. The first kappa shape index (κ1) is 17.0. The van der Waals surface area contributed by atoms with E-state index in [4.69, 9.17) is 10.5 Å². The van der Waals surface area contributed by atoms with Crippen LogP contribution in [0.5, 0.6) is 0 Å². The molecule has 1 amide bonds. The highest BCUT2D eigenvalue weighted by atomic mass is 35.5. The molecule has 2 rings (SSSR count). The minimum absolute atomic E-state index is 0. The first-order valence-electron chi connectivity index (χ1n) is 6.92. The number of nitrogens with two attached hydrogens (primary N) is 1. The largest absolute Gasteiger partial charge is 0.381 e. The average Bonchev–Trinajstić information content (AvgIpc) is 2.98. The molecule has 0 radical (unpaired) electrons. The van der Waals surface area contributed by atoms with Gasteiger partial charge in [-0.25, -0.2) is 0 Å². The van der Waals surface area contributed by atoms with Crippen molar-refractivity contribution >= 4 is 18.3 Å². The fourth-order valence-electron chi connectivity index (χ4n) is 2.34. The van der Waals surface area contributed by atoms with Crippen LogP contribution >= 0.6 is 12.4 Å². The first-order chi connectivity index (χ1) is 9.31. The topological polar surface area (TPSA) is 55.6 Å². The van der Waals surface area contributed by atoms with Crippen molar-refractivity contribution < 1.29 is 9.53 Å². The van der Waals surface area contributed by atoms with Crippen LogP contribution in [-0.2, 0) is 16.1 Å². The SMILES string of the molecule is Cl.NCCCN(Cc1ccccc1)C(=O)C1CCOC1. The van der Waals surface area contributed by atoms with Crippen molar-refractivity contribution in [1.29, 1.82) is 0 Å². The molecule has 1 heterocycles. The Morgan fingerprint density at radius 2 is 2.10 bits per heavy atom. The van der Waals surface area contributed by atoms with Crippen LogP contribution in [0, 0.1) is 5.92 Å². The molecule has 1 fully saturated rings. The maximum absolute atomic E-state index is 12.5. The zero-order valence-electron chi connectivity index (χ0n) is 11.7. The third-order valence-corrected chi connectivity index (χ3v) is 3.44. The maximum atomic E-state index is 12.5. The van der Waals surface area contributed by atoms with Gasteiger partial charge in [0, 0.05) is 19.7 Å². The molecule has 4 nitrogen and oxygen atoms in total. The molecular weight excluding hydrogens is 276 g/mol. The Morgan fingerprint density at radius 1 is 1.35 bits per heavy atom. The number of nitrogens with zero attached hydrogens (tertiary/aromatic N) is 1. The van der Waals surface area contributed by atoms with Gasteiger partial charge in [0.15, 0.2) is 0 Å². The minimum Gasteiger partial charge on any atom is -0.381 e. The number of carbonyl (C=O) groups is 1. The van der Waals surface area contributed by atoms with Crippen molar-refractivity contribution in [2.24, 2.45) is 11.7 Å². The van der Waals surface area contributed by atoms with Crippen LogP contribution in [0.15, 0.2) is 30.3 Å². The molecule has 1 saturated heterocycles. The number of hydrogen-bond donors (Lipinski definition) is 1. The van der Waals surface area contributed by atoms with Crippen molar-refractivity contribution in [2.75, 3.05) is 26.3 Å². The zero-order valence-corrected chi connectivity index (χ0v) is 12.5. The highest BCUT2D eigenvalue weighted by Gasteiger charge is 2.27. The lowest BCUT2D eigenvalue weighted by Gasteiger charge is -2.25. The van der Waals surface area contributed by atoms with Gasteiger partial charge in [0.25, 0.3) is 0 Å². The second kappa shape index (κ2) is 8.95. The highest BCUT2D eigenvalue weighted by Crippen LogP contribution is 2.17. The third-order valence-electron chi connectivity index (χ3n) is 3.44.